The first-order chi connectivity index (χ1) is 5.89. The van der Waals surface area contributed by atoms with Crippen molar-refractivity contribution in [3.05, 3.63) is 0 Å². The molecule has 2 aliphatic heterocycles. The van der Waals surface area contributed by atoms with Crippen molar-refractivity contribution in [3.8, 4) is 0 Å². The third-order valence-electron chi connectivity index (χ3n) is 3.22. The maximum absolute atomic E-state index is 11.5. The van der Waals surface area contributed by atoms with Gasteiger partial charge in [-0.3, -0.25) is 4.79 Å². The number of aliphatic hydroxyl groups is 1. The Kier molecular flexibility index (Phi) is 1.79. The van der Waals surface area contributed by atoms with Crippen LogP contribution < -0.4 is 0 Å². The van der Waals surface area contributed by atoms with E-state index in [4.69, 9.17) is 16.3 Å². The fourth-order valence-corrected chi connectivity index (χ4v) is 2.52. The first kappa shape index (κ1) is 9.44. The normalized spacial score (nSPS) is 55.5. The lowest BCUT2D eigenvalue weighted by Gasteiger charge is -2.41. The Morgan fingerprint density at radius 3 is 2.62 bits per heavy atom. The van der Waals surface area contributed by atoms with Crippen LogP contribution in [0.3, 0.4) is 0 Å². The molecule has 0 aromatic heterocycles. The fourth-order valence-electron chi connectivity index (χ4n) is 2.24. The van der Waals surface area contributed by atoms with Gasteiger partial charge in [0.1, 0.15) is 11.5 Å². The van der Waals surface area contributed by atoms with Crippen molar-refractivity contribution in [2.75, 3.05) is 0 Å². The van der Waals surface area contributed by atoms with Gasteiger partial charge in [-0.2, -0.15) is 0 Å². The molecule has 2 rings (SSSR count). The summed E-state index contributed by atoms with van der Waals surface area (Å²) in [5.74, 6) is -0.296. The van der Waals surface area contributed by atoms with Gasteiger partial charge in [0, 0.05) is 0 Å². The number of hydrogen-bond donors (Lipinski definition) is 1. The zero-order chi connectivity index (χ0) is 9.85. The maximum Gasteiger partial charge on any atom is 0.184 e. The SMILES string of the molecule is C[C@]12CC[C@](C)(O1)C(Cl)C(=O)C2O. The molecule has 4 atom stereocenters. The minimum Gasteiger partial charge on any atom is -0.382 e. The third-order valence-corrected chi connectivity index (χ3v) is 3.89. The van der Waals surface area contributed by atoms with Crippen LogP contribution in [0.25, 0.3) is 0 Å². The molecule has 3 nitrogen and oxygen atoms in total. The average Bonchev–Trinajstić information content (AvgIpc) is 2.38. The Hall–Kier alpha value is -0.120. The molecule has 4 heteroatoms. The molecule has 2 bridgehead atoms. The zero-order valence-corrected chi connectivity index (χ0v) is 8.47. The summed E-state index contributed by atoms with van der Waals surface area (Å²) >= 11 is 5.92. The highest BCUT2D eigenvalue weighted by Gasteiger charge is 2.60. The number of fused-ring (bicyclic) bond motifs is 2. The highest BCUT2D eigenvalue weighted by Crippen LogP contribution is 2.48. The molecule has 2 heterocycles. The molecule has 0 radical (unpaired) electrons. The molecular formula is C9H13ClO3. The smallest absolute Gasteiger partial charge is 0.184 e. The molecule has 74 valence electrons. The van der Waals surface area contributed by atoms with E-state index < -0.39 is 22.7 Å². The van der Waals surface area contributed by atoms with Crippen molar-refractivity contribution in [2.24, 2.45) is 0 Å². The lowest BCUT2D eigenvalue weighted by Crippen LogP contribution is -2.58. The molecule has 2 aliphatic rings. The Labute approximate surface area is 82.0 Å². The van der Waals surface area contributed by atoms with Crippen LogP contribution in [0.2, 0.25) is 0 Å². The second-order valence-corrected chi connectivity index (χ2v) is 4.83. The van der Waals surface area contributed by atoms with Crippen molar-refractivity contribution >= 4 is 17.4 Å². The van der Waals surface area contributed by atoms with Crippen LogP contribution in [0, 0.1) is 0 Å². The summed E-state index contributed by atoms with van der Waals surface area (Å²) in [6.45, 7) is 3.60. The van der Waals surface area contributed by atoms with Crippen molar-refractivity contribution in [2.45, 2.75) is 49.4 Å². The van der Waals surface area contributed by atoms with E-state index in [9.17, 15) is 9.90 Å². The molecule has 0 aromatic carbocycles. The molecule has 0 spiro atoms. The summed E-state index contributed by atoms with van der Waals surface area (Å²) in [6, 6.07) is 0. The van der Waals surface area contributed by atoms with E-state index >= 15 is 0 Å². The molecule has 13 heavy (non-hydrogen) atoms. The van der Waals surface area contributed by atoms with Gasteiger partial charge in [-0.05, 0) is 26.7 Å². The quantitative estimate of drug-likeness (QED) is 0.596. The predicted octanol–water partition coefficient (Wildman–Crippen LogP) is 0.865. The molecule has 0 saturated carbocycles. The number of alkyl halides is 1. The van der Waals surface area contributed by atoms with Gasteiger partial charge in [0.25, 0.3) is 0 Å². The van der Waals surface area contributed by atoms with E-state index in [1.165, 1.54) is 0 Å². The molecule has 1 N–H and O–H groups in total. The summed E-state index contributed by atoms with van der Waals surface area (Å²) in [5.41, 5.74) is -1.29. The fraction of sp³-hybridized carbons (Fsp3) is 0.889. The number of rotatable bonds is 0. The number of aliphatic hydroxyl groups excluding tert-OH is 1. The molecule has 0 amide bonds. The van der Waals surface area contributed by atoms with Crippen LogP contribution in [-0.2, 0) is 9.53 Å². The van der Waals surface area contributed by atoms with E-state index in [1.54, 1.807) is 6.92 Å². The largest absolute Gasteiger partial charge is 0.382 e. The lowest BCUT2D eigenvalue weighted by molar-refractivity contribution is -0.183. The molecule has 2 fully saturated rings. The van der Waals surface area contributed by atoms with Crippen LogP contribution in [0.5, 0.6) is 0 Å². The van der Waals surface area contributed by atoms with E-state index in [0.29, 0.717) is 6.42 Å². The Morgan fingerprint density at radius 2 is 2.00 bits per heavy atom. The van der Waals surface area contributed by atoms with E-state index in [0.717, 1.165) is 6.42 Å². The van der Waals surface area contributed by atoms with Crippen molar-refractivity contribution in [3.63, 3.8) is 0 Å². The maximum atomic E-state index is 11.5. The number of hydrogen-bond acceptors (Lipinski definition) is 3. The summed E-state index contributed by atoms with van der Waals surface area (Å²) in [7, 11) is 0. The molecular weight excluding hydrogens is 192 g/mol. The summed E-state index contributed by atoms with van der Waals surface area (Å²) in [4.78, 5) is 11.5. The van der Waals surface area contributed by atoms with Gasteiger partial charge in [0.15, 0.2) is 5.78 Å². The Bertz CT molecular complexity index is 244. The average molecular weight is 205 g/mol. The topological polar surface area (TPSA) is 46.5 Å². The highest BCUT2D eigenvalue weighted by atomic mass is 35.5. The second-order valence-electron chi connectivity index (χ2n) is 4.39. The van der Waals surface area contributed by atoms with E-state index in [2.05, 4.69) is 0 Å². The van der Waals surface area contributed by atoms with Gasteiger partial charge in [-0.25, -0.2) is 0 Å². The minimum absolute atomic E-state index is 0.296. The number of ether oxygens (including phenoxy) is 1. The van der Waals surface area contributed by atoms with Gasteiger partial charge >= 0.3 is 0 Å². The van der Waals surface area contributed by atoms with Gasteiger partial charge in [0.05, 0.1) is 11.2 Å². The lowest BCUT2D eigenvalue weighted by atomic mass is 9.90. The monoisotopic (exact) mass is 204 g/mol. The van der Waals surface area contributed by atoms with Crippen LogP contribution >= 0.6 is 11.6 Å². The van der Waals surface area contributed by atoms with Gasteiger partial charge in [0.2, 0.25) is 0 Å². The first-order valence-electron chi connectivity index (χ1n) is 4.45. The van der Waals surface area contributed by atoms with Crippen LogP contribution in [-0.4, -0.2) is 33.6 Å². The van der Waals surface area contributed by atoms with Crippen LogP contribution in [0.1, 0.15) is 26.7 Å². The molecule has 2 saturated heterocycles. The number of carbonyl (C=O) groups is 1. The van der Waals surface area contributed by atoms with Gasteiger partial charge in [-0.1, -0.05) is 0 Å². The molecule has 2 unspecified atom stereocenters. The van der Waals surface area contributed by atoms with Crippen molar-refractivity contribution < 1.29 is 14.6 Å². The number of halogens is 1. The Morgan fingerprint density at radius 1 is 1.46 bits per heavy atom. The zero-order valence-electron chi connectivity index (χ0n) is 7.71. The highest BCUT2D eigenvalue weighted by molar-refractivity contribution is 6.33. The van der Waals surface area contributed by atoms with E-state index in [1.807, 2.05) is 6.92 Å². The predicted molar refractivity (Wildman–Crippen MR) is 47.8 cm³/mol. The summed E-state index contributed by atoms with van der Waals surface area (Å²) in [5, 5.41) is 8.94. The molecule has 0 aliphatic carbocycles. The first-order valence-corrected chi connectivity index (χ1v) is 4.89. The van der Waals surface area contributed by atoms with E-state index in [-0.39, 0.29) is 5.78 Å². The van der Waals surface area contributed by atoms with Crippen LogP contribution in [0.4, 0.5) is 0 Å². The van der Waals surface area contributed by atoms with Gasteiger partial charge < -0.3 is 9.84 Å². The number of ketones is 1. The van der Waals surface area contributed by atoms with Gasteiger partial charge in [-0.15, -0.1) is 11.6 Å². The minimum atomic E-state index is -1.06. The second kappa shape index (κ2) is 2.47. The van der Waals surface area contributed by atoms with Crippen LogP contribution in [0.15, 0.2) is 0 Å². The standard InChI is InChI=1S/C9H13ClO3/c1-8-3-4-9(2,13-8)7(12)5(11)6(8)10/h6-7,12H,3-4H2,1-2H3/t6?,7?,8-,9+/m0/s1. The Balaban J connectivity index is 2.40. The summed E-state index contributed by atoms with van der Waals surface area (Å²) in [6.07, 6.45) is 0.366. The molecule has 0 aromatic rings. The third kappa shape index (κ3) is 1.07. The number of carbonyl (C=O) groups excluding carboxylic acids is 1. The van der Waals surface area contributed by atoms with Crippen molar-refractivity contribution in [1.82, 2.24) is 0 Å². The number of Topliss-reactive ketones (excluding diaryl/α,β-unsaturated/α-hetero) is 1. The summed E-state index contributed by atoms with van der Waals surface area (Å²) < 4.78 is 5.66. The van der Waals surface area contributed by atoms with Crippen molar-refractivity contribution in [1.29, 1.82) is 0 Å².